The van der Waals surface area contributed by atoms with Gasteiger partial charge in [-0.25, -0.2) is 15.0 Å². The van der Waals surface area contributed by atoms with Crippen molar-refractivity contribution in [1.82, 2.24) is 24.3 Å². The van der Waals surface area contributed by atoms with Crippen molar-refractivity contribution in [2.45, 2.75) is 26.3 Å². The summed E-state index contributed by atoms with van der Waals surface area (Å²) in [5, 5.41) is 3.52. The maximum Gasteiger partial charge on any atom is 0.224 e. The fourth-order valence-corrected chi connectivity index (χ4v) is 2.26. The lowest BCUT2D eigenvalue weighted by atomic mass is 10.1. The van der Waals surface area contributed by atoms with Crippen LogP contribution < -0.4 is 10.2 Å². The molecule has 3 aromatic rings. The number of aromatic nitrogens is 5. The SMILES string of the molecule is CN(C)c1ncc(-c2nc3cnccn3c2NC(C)(C)C)cn1. The Bertz CT molecular complexity index is 813. The predicted octanol–water partition coefficient (Wildman–Crippen LogP) is 2.46. The molecule has 0 aliphatic heterocycles. The van der Waals surface area contributed by atoms with Crippen LogP contribution in [0.2, 0.25) is 0 Å². The molecule has 7 heteroatoms. The Hall–Kier alpha value is -2.70. The first-order chi connectivity index (χ1) is 10.8. The van der Waals surface area contributed by atoms with Crippen LogP contribution in [-0.2, 0) is 0 Å². The minimum absolute atomic E-state index is 0.0988. The standard InChI is InChI=1S/C16H21N7/c1-16(2,3)21-14-13(20-12-10-17-6-7-23(12)14)11-8-18-15(19-9-11)22(4)5/h6-10,21H,1-5H3. The molecule has 120 valence electrons. The Morgan fingerprint density at radius 3 is 2.39 bits per heavy atom. The highest BCUT2D eigenvalue weighted by Gasteiger charge is 2.19. The predicted molar refractivity (Wildman–Crippen MR) is 91.7 cm³/mol. The van der Waals surface area contributed by atoms with Gasteiger partial charge in [0.25, 0.3) is 0 Å². The lowest BCUT2D eigenvalue weighted by Gasteiger charge is -2.22. The van der Waals surface area contributed by atoms with E-state index in [1.807, 2.05) is 29.6 Å². The van der Waals surface area contributed by atoms with Crippen LogP contribution in [0.15, 0.2) is 31.0 Å². The van der Waals surface area contributed by atoms with Gasteiger partial charge in [0, 0.05) is 50.0 Å². The lowest BCUT2D eigenvalue weighted by Crippen LogP contribution is -2.27. The van der Waals surface area contributed by atoms with Gasteiger partial charge in [-0.3, -0.25) is 9.38 Å². The van der Waals surface area contributed by atoms with Crippen molar-refractivity contribution in [2.75, 3.05) is 24.3 Å². The number of fused-ring (bicyclic) bond motifs is 1. The van der Waals surface area contributed by atoms with E-state index in [1.165, 1.54) is 0 Å². The number of nitrogens with one attached hydrogen (secondary N) is 1. The highest BCUT2D eigenvalue weighted by molar-refractivity contribution is 5.76. The molecule has 0 radical (unpaired) electrons. The van der Waals surface area contributed by atoms with Gasteiger partial charge in [0.2, 0.25) is 5.95 Å². The smallest absolute Gasteiger partial charge is 0.224 e. The average molecular weight is 311 g/mol. The van der Waals surface area contributed by atoms with Crippen LogP contribution >= 0.6 is 0 Å². The summed E-state index contributed by atoms with van der Waals surface area (Å²) >= 11 is 0. The van der Waals surface area contributed by atoms with Gasteiger partial charge >= 0.3 is 0 Å². The third-order valence-corrected chi connectivity index (χ3v) is 3.24. The molecule has 3 heterocycles. The molecule has 0 atom stereocenters. The number of rotatable bonds is 3. The number of imidazole rings is 1. The fourth-order valence-electron chi connectivity index (χ4n) is 2.26. The van der Waals surface area contributed by atoms with Gasteiger partial charge in [-0.15, -0.1) is 0 Å². The molecule has 0 bridgehead atoms. The quantitative estimate of drug-likeness (QED) is 0.801. The van der Waals surface area contributed by atoms with Crippen molar-refractivity contribution in [3.63, 3.8) is 0 Å². The van der Waals surface area contributed by atoms with Gasteiger partial charge in [-0.1, -0.05) is 0 Å². The van der Waals surface area contributed by atoms with E-state index in [-0.39, 0.29) is 5.54 Å². The Kier molecular flexibility index (Phi) is 3.63. The minimum Gasteiger partial charge on any atom is -0.365 e. The van der Waals surface area contributed by atoms with Gasteiger partial charge < -0.3 is 10.2 Å². The Morgan fingerprint density at radius 1 is 1.09 bits per heavy atom. The highest BCUT2D eigenvalue weighted by atomic mass is 15.2. The normalized spacial score (nSPS) is 11.7. The summed E-state index contributed by atoms with van der Waals surface area (Å²) in [6.45, 7) is 6.34. The van der Waals surface area contributed by atoms with Gasteiger partial charge in [0.05, 0.1) is 6.20 Å². The van der Waals surface area contributed by atoms with Crippen LogP contribution in [-0.4, -0.2) is 44.0 Å². The number of hydrogen-bond acceptors (Lipinski definition) is 6. The van der Waals surface area contributed by atoms with E-state index < -0.39 is 0 Å². The van der Waals surface area contributed by atoms with E-state index in [1.54, 1.807) is 24.8 Å². The van der Waals surface area contributed by atoms with Gasteiger partial charge in [0.15, 0.2) is 5.65 Å². The first-order valence-electron chi connectivity index (χ1n) is 7.45. The second kappa shape index (κ2) is 5.49. The zero-order valence-corrected chi connectivity index (χ0v) is 14.1. The van der Waals surface area contributed by atoms with E-state index in [2.05, 4.69) is 46.0 Å². The number of anilines is 2. The highest BCUT2D eigenvalue weighted by Crippen LogP contribution is 2.30. The largest absolute Gasteiger partial charge is 0.365 e. The van der Waals surface area contributed by atoms with E-state index in [0.29, 0.717) is 5.95 Å². The molecular formula is C16H21N7. The van der Waals surface area contributed by atoms with Crippen molar-refractivity contribution in [3.8, 4) is 11.3 Å². The summed E-state index contributed by atoms with van der Waals surface area (Å²) < 4.78 is 1.99. The van der Waals surface area contributed by atoms with Crippen molar-refractivity contribution >= 4 is 17.4 Å². The molecule has 7 nitrogen and oxygen atoms in total. The van der Waals surface area contributed by atoms with E-state index >= 15 is 0 Å². The molecule has 1 N–H and O–H groups in total. The lowest BCUT2D eigenvalue weighted by molar-refractivity contribution is 0.629. The third-order valence-electron chi connectivity index (χ3n) is 3.24. The van der Waals surface area contributed by atoms with Crippen LogP contribution in [0.5, 0.6) is 0 Å². The van der Waals surface area contributed by atoms with Crippen molar-refractivity contribution in [3.05, 3.63) is 31.0 Å². The summed E-state index contributed by atoms with van der Waals surface area (Å²) in [4.78, 5) is 19.5. The topological polar surface area (TPSA) is 71.2 Å². The molecular weight excluding hydrogens is 290 g/mol. The second-order valence-corrected chi connectivity index (χ2v) is 6.65. The minimum atomic E-state index is -0.0988. The monoisotopic (exact) mass is 311 g/mol. The summed E-state index contributed by atoms with van der Waals surface area (Å²) in [6.07, 6.45) is 8.98. The maximum absolute atomic E-state index is 4.69. The van der Waals surface area contributed by atoms with Gasteiger partial charge in [0.1, 0.15) is 11.5 Å². The molecule has 0 unspecified atom stereocenters. The number of hydrogen-bond donors (Lipinski definition) is 1. The zero-order valence-electron chi connectivity index (χ0n) is 14.1. The van der Waals surface area contributed by atoms with Crippen molar-refractivity contribution in [2.24, 2.45) is 0 Å². The van der Waals surface area contributed by atoms with E-state index in [4.69, 9.17) is 0 Å². The van der Waals surface area contributed by atoms with Crippen LogP contribution in [0, 0.1) is 0 Å². The molecule has 0 aliphatic carbocycles. The van der Waals surface area contributed by atoms with Gasteiger partial charge in [-0.05, 0) is 20.8 Å². The van der Waals surface area contributed by atoms with Gasteiger partial charge in [-0.2, -0.15) is 0 Å². The Morgan fingerprint density at radius 2 is 1.78 bits per heavy atom. The third kappa shape index (κ3) is 3.08. The summed E-state index contributed by atoms with van der Waals surface area (Å²) in [6, 6.07) is 0. The van der Waals surface area contributed by atoms with Crippen LogP contribution in [0.1, 0.15) is 20.8 Å². The van der Waals surface area contributed by atoms with Crippen molar-refractivity contribution < 1.29 is 0 Å². The van der Waals surface area contributed by atoms with Crippen LogP contribution in [0.3, 0.4) is 0 Å². The number of nitrogens with zero attached hydrogens (tertiary/aromatic N) is 6. The zero-order chi connectivity index (χ0) is 16.6. The molecule has 0 aromatic carbocycles. The molecule has 0 spiro atoms. The first kappa shape index (κ1) is 15.2. The van der Waals surface area contributed by atoms with Crippen LogP contribution in [0.25, 0.3) is 16.9 Å². The first-order valence-corrected chi connectivity index (χ1v) is 7.45. The maximum atomic E-state index is 4.69. The average Bonchev–Trinajstić information content (AvgIpc) is 2.84. The summed E-state index contributed by atoms with van der Waals surface area (Å²) in [5.74, 6) is 1.58. The molecule has 0 amide bonds. The molecule has 0 aliphatic rings. The molecule has 3 aromatic heterocycles. The van der Waals surface area contributed by atoms with Crippen molar-refractivity contribution in [1.29, 1.82) is 0 Å². The summed E-state index contributed by atoms with van der Waals surface area (Å²) in [7, 11) is 3.83. The molecule has 3 rings (SSSR count). The second-order valence-electron chi connectivity index (χ2n) is 6.65. The Balaban J connectivity index is 2.14. The molecule has 0 saturated heterocycles. The Labute approximate surface area is 135 Å². The van der Waals surface area contributed by atoms with Crippen LogP contribution in [0.4, 0.5) is 11.8 Å². The molecule has 23 heavy (non-hydrogen) atoms. The summed E-state index contributed by atoms with van der Waals surface area (Å²) in [5.41, 5.74) is 2.37. The fraction of sp³-hybridized carbons (Fsp3) is 0.375. The van der Waals surface area contributed by atoms with E-state index in [0.717, 1.165) is 22.7 Å². The molecule has 0 fully saturated rings. The molecule has 0 saturated carbocycles. The van der Waals surface area contributed by atoms with E-state index in [9.17, 15) is 0 Å².